The van der Waals surface area contributed by atoms with Crippen molar-refractivity contribution in [3.63, 3.8) is 0 Å². The number of hydrogen-bond donors (Lipinski definition) is 2. The third-order valence-corrected chi connectivity index (χ3v) is 3.69. The van der Waals surface area contributed by atoms with E-state index in [1.165, 1.54) is 18.9 Å². The number of aliphatic hydroxyl groups is 1. The highest BCUT2D eigenvalue weighted by Gasteiger charge is 2.15. The average molecular weight is 348 g/mol. The van der Waals surface area contributed by atoms with Gasteiger partial charge in [-0.2, -0.15) is 0 Å². The topological polar surface area (TPSA) is 75.6 Å². The van der Waals surface area contributed by atoms with E-state index in [4.69, 9.17) is 0 Å². The van der Waals surface area contributed by atoms with Crippen molar-refractivity contribution in [1.82, 2.24) is 5.32 Å². The van der Waals surface area contributed by atoms with Crippen LogP contribution in [0.4, 0.5) is 0 Å². The first kappa shape index (κ1) is 16.0. The zero-order valence-electron chi connectivity index (χ0n) is 10.3. The molecule has 5 nitrogen and oxygen atoms in total. The van der Waals surface area contributed by atoms with Crippen LogP contribution in [0.1, 0.15) is 0 Å². The van der Waals surface area contributed by atoms with Crippen LogP contribution in [0.25, 0.3) is 0 Å². The number of nitrogens with one attached hydrogen (secondary N) is 1. The lowest BCUT2D eigenvalue weighted by Gasteiger charge is -2.09. The highest BCUT2D eigenvalue weighted by molar-refractivity contribution is 9.10. The lowest BCUT2D eigenvalue weighted by molar-refractivity contribution is -0.150. The number of amides is 1. The van der Waals surface area contributed by atoms with Crippen LogP contribution in [-0.4, -0.2) is 42.5 Å². The molecule has 0 aliphatic carbocycles. The molecule has 0 saturated heterocycles. The highest BCUT2D eigenvalue weighted by atomic mass is 79.9. The molecular weight excluding hydrogens is 334 g/mol. The molecule has 1 aromatic carbocycles. The Hall–Kier alpha value is -1.05. The first-order valence-corrected chi connectivity index (χ1v) is 7.21. The van der Waals surface area contributed by atoms with Gasteiger partial charge in [0.05, 0.1) is 19.4 Å². The van der Waals surface area contributed by atoms with Crippen molar-refractivity contribution in [3.05, 3.63) is 28.7 Å². The number of thioether (sulfide) groups is 1. The lowest BCUT2D eigenvalue weighted by atomic mass is 10.3. The van der Waals surface area contributed by atoms with Gasteiger partial charge in [-0.25, -0.2) is 4.79 Å². The van der Waals surface area contributed by atoms with E-state index in [1.807, 2.05) is 24.3 Å². The minimum atomic E-state index is -1.33. The van der Waals surface area contributed by atoms with Crippen LogP contribution < -0.4 is 5.32 Å². The van der Waals surface area contributed by atoms with E-state index < -0.39 is 12.1 Å². The number of carbonyl (C=O) groups is 2. The van der Waals surface area contributed by atoms with Crippen molar-refractivity contribution >= 4 is 39.6 Å². The summed E-state index contributed by atoms with van der Waals surface area (Å²) in [5.41, 5.74) is 0. The fraction of sp³-hybridized carbons (Fsp3) is 0.333. The Morgan fingerprint density at radius 3 is 2.63 bits per heavy atom. The Labute approximate surface area is 123 Å². The van der Waals surface area contributed by atoms with E-state index in [2.05, 4.69) is 26.0 Å². The Morgan fingerprint density at radius 2 is 2.05 bits per heavy atom. The van der Waals surface area contributed by atoms with Crippen molar-refractivity contribution in [1.29, 1.82) is 0 Å². The summed E-state index contributed by atoms with van der Waals surface area (Å²) < 4.78 is 5.31. The molecule has 1 atom stereocenters. The van der Waals surface area contributed by atoms with Gasteiger partial charge in [-0.05, 0) is 24.3 Å². The van der Waals surface area contributed by atoms with Crippen LogP contribution in [-0.2, 0) is 14.3 Å². The summed E-state index contributed by atoms with van der Waals surface area (Å²) in [5.74, 6) is -0.799. The van der Waals surface area contributed by atoms with Gasteiger partial charge in [-0.1, -0.05) is 15.9 Å². The summed E-state index contributed by atoms with van der Waals surface area (Å²) in [7, 11) is 1.18. The average Bonchev–Trinajstić information content (AvgIpc) is 2.43. The molecule has 0 aliphatic rings. The number of methoxy groups -OCH3 is 1. The third kappa shape index (κ3) is 6.09. The van der Waals surface area contributed by atoms with E-state index >= 15 is 0 Å². The summed E-state index contributed by atoms with van der Waals surface area (Å²) in [6, 6.07) is 7.57. The number of carbonyl (C=O) groups excluding carboxylic acids is 2. The first-order chi connectivity index (χ1) is 9.02. The molecule has 0 aromatic heterocycles. The van der Waals surface area contributed by atoms with Crippen molar-refractivity contribution < 1.29 is 19.4 Å². The standard InChI is InChI=1S/C12H14BrNO4S/c1-18-12(17)10(15)6-14-11(16)7-19-9-4-2-8(13)3-5-9/h2-5,10,15H,6-7H2,1H3,(H,14,16). The molecule has 0 aliphatic heterocycles. The summed E-state index contributed by atoms with van der Waals surface area (Å²) in [6.07, 6.45) is -1.33. The minimum absolute atomic E-state index is 0.146. The molecule has 0 spiro atoms. The van der Waals surface area contributed by atoms with Crippen molar-refractivity contribution in [2.75, 3.05) is 19.4 Å². The van der Waals surface area contributed by atoms with Gasteiger partial charge in [-0.15, -0.1) is 11.8 Å². The highest BCUT2D eigenvalue weighted by Crippen LogP contribution is 2.20. The van der Waals surface area contributed by atoms with E-state index in [0.717, 1.165) is 9.37 Å². The van der Waals surface area contributed by atoms with Crippen LogP contribution in [0, 0.1) is 0 Å². The van der Waals surface area contributed by atoms with E-state index in [-0.39, 0.29) is 18.2 Å². The minimum Gasteiger partial charge on any atom is -0.467 e. The molecule has 19 heavy (non-hydrogen) atoms. The predicted molar refractivity (Wildman–Crippen MR) is 75.9 cm³/mol. The van der Waals surface area contributed by atoms with Gasteiger partial charge in [0.1, 0.15) is 0 Å². The Morgan fingerprint density at radius 1 is 1.42 bits per heavy atom. The van der Waals surface area contributed by atoms with Crippen LogP contribution in [0.15, 0.2) is 33.6 Å². The van der Waals surface area contributed by atoms with Gasteiger partial charge in [0.15, 0.2) is 6.10 Å². The summed E-state index contributed by atoms with van der Waals surface area (Å²) in [6.45, 7) is -0.146. The quantitative estimate of drug-likeness (QED) is 0.597. The lowest BCUT2D eigenvalue weighted by Crippen LogP contribution is -2.37. The van der Waals surface area contributed by atoms with Gasteiger partial charge >= 0.3 is 5.97 Å². The maximum atomic E-state index is 11.5. The monoisotopic (exact) mass is 347 g/mol. The fourth-order valence-electron chi connectivity index (χ4n) is 1.16. The molecule has 0 radical (unpaired) electrons. The zero-order chi connectivity index (χ0) is 14.3. The number of ether oxygens (including phenoxy) is 1. The number of aliphatic hydroxyl groups excluding tert-OH is 1. The predicted octanol–water partition coefficient (Wildman–Crippen LogP) is 1.19. The van der Waals surface area contributed by atoms with Gasteiger partial charge in [0.25, 0.3) is 0 Å². The molecule has 0 bridgehead atoms. The van der Waals surface area contributed by atoms with Crippen molar-refractivity contribution in [2.45, 2.75) is 11.0 Å². The second-order valence-corrected chi connectivity index (χ2v) is 5.55. The molecule has 0 heterocycles. The largest absolute Gasteiger partial charge is 0.467 e. The van der Waals surface area contributed by atoms with Gasteiger partial charge in [-0.3, -0.25) is 4.79 Å². The SMILES string of the molecule is COC(=O)C(O)CNC(=O)CSc1ccc(Br)cc1. The smallest absolute Gasteiger partial charge is 0.336 e. The Kier molecular flexibility index (Phi) is 6.90. The summed E-state index contributed by atoms with van der Waals surface area (Å²) >= 11 is 4.70. The maximum absolute atomic E-state index is 11.5. The number of benzene rings is 1. The molecule has 104 valence electrons. The molecule has 0 saturated carbocycles. The number of rotatable bonds is 6. The van der Waals surface area contributed by atoms with Crippen molar-refractivity contribution in [2.24, 2.45) is 0 Å². The summed E-state index contributed by atoms with van der Waals surface area (Å²) in [4.78, 5) is 23.4. The third-order valence-electron chi connectivity index (χ3n) is 2.15. The number of halogens is 1. The number of esters is 1. The van der Waals surface area contributed by atoms with Crippen LogP contribution in [0.2, 0.25) is 0 Å². The molecule has 1 amide bonds. The van der Waals surface area contributed by atoms with Crippen LogP contribution in [0.3, 0.4) is 0 Å². The van der Waals surface area contributed by atoms with Gasteiger partial charge < -0.3 is 15.2 Å². The van der Waals surface area contributed by atoms with Crippen molar-refractivity contribution in [3.8, 4) is 0 Å². The number of hydrogen-bond acceptors (Lipinski definition) is 5. The molecule has 2 N–H and O–H groups in total. The molecular formula is C12H14BrNO4S. The Bertz CT molecular complexity index is 438. The molecule has 0 fully saturated rings. The second kappa shape index (κ2) is 8.19. The first-order valence-electron chi connectivity index (χ1n) is 5.44. The molecule has 1 aromatic rings. The molecule has 7 heteroatoms. The van der Waals surface area contributed by atoms with E-state index in [0.29, 0.717) is 0 Å². The molecule has 1 unspecified atom stereocenters. The maximum Gasteiger partial charge on any atom is 0.336 e. The van der Waals surface area contributed by atoms with Gasteiger partial charge in [0.2, 0.25) is 5.91 Å². The normalized spacial score (nSPS) is 11.7. The van der Waals surface area contributed by atoms with E-state index in [9.17, 15) is 14.7 Å². The van der Waals surface area contributed by atoms with Gasteiger partial charge in [0, 0.05) is 9.37 Å². The van der Waals surface area contributed by atoms with E-state index in [1.54, 1.807) is 0 Å². The fourth-order valence-corrected chi connectivity index (χ4v) is 2.15. The van der Waals surface area contributed by atoms with Crippen LogP contribution >= 0.6 is 27.7 Å². The second-order valence-electron chi connectivity index (χ2n) is 3.59. The summed E-state index contributed by atoms with van der Waals surface area (Å²) in [5, 5.41) is 11.7. The van der Waals surface area contributed by atoms with Crippen LogP contribution in [0.5, 0.6) is 0 Å². The Balaban J connectivity index is 2.28. The zero-order valence-corrected chi connectivity index (χ0v) is 12.7. The molecule has 1 rings (SSSR count).